The molecule has 0 bridgehead atoms. The van der Waals surface area contributed by atoms with E-state index in [2.05, 4.69) is 23.9 Å². The third-order valence-corrected chi connectivity index (χ3v) is 4.42. The molecule has 0 radical (unpaired) electrons. The Kier molecular flexibility index (Phi) is 3.65. The zero-order chi connectivity index (χ0) is 10.8. The fraction of sp³-hybridized carbons (Fsp3) is 1.00. The Bertz CT molecular complexity index is 205. The summed E-state index contributed by atoms with van der Waals surface area (Å²) in [5.74, 6) is 0.765. The van der Waals surface area contributed by atoms with Crippen LogP contribution in [0.3, 0.4) is 0 Å². The monoisotopic (exact) mass is 211 g/mol. The van der Waals surface area contributed by atoms with E-state index < -0.39 is 0 Å². The van der Waals surface area contributed by atoms with E-state index in [1.165, 1.54) is 38.8 Å². The maximum Gasteiger partial charge on any atom is 0.0220 e. The van der Waals surface area contributed by atoms with Crippen molar-refractivity contribution in [3.8, 4) is 0 Å². The van der Waals surface area contributed by atoms with Crippen molar-refractivity contribution in [1.29, 1.82) is 0 Å². The fourth-order valence-corrected chi connectivity index (χ4v) is 3.08. The molecule has 1 saturated heterocycles. The summed E-state index contributed by atoms with van der Waals surface area (Å²) in [6.07, 6.45) is 5.45. The summed E-state index contributed by atoms with van der Waals surface area (Å²) < 4.78 is 0. The number of nitrogens with two attached hydrogens (primary N) is 1. The van der Waals surface area contributed by atoms with Crippen LogP contribution in [0.2, 0.25) is 0 Å². The van der Waals surface area contributed by atoms with Gasteiger partial charge in [0.15, 0.2) is 0 Å². The van der Waals surface area contributed by atoms with Gasteiger partial charge in [-0.3, -0.25) is 0 Å². The molecule has 3 unspecified atom stereocenters. The summed E-state index contributed by atoms with van der Waals surface area (Å²) in [5.41, 5.74) is 5.76. The molecule has 1 aliphatic carbocycles. The van der Waals surface area contributed by atoms with E-state index in [9.17, 15) is 0 Å². The molecule has 3 atom stereocenters. The molecule has 1 saturated carbocycles. The Morgan fingerprint density at radius 3 is 2.60 bits per heavy atom. The molecule has 2 aliphatic rings. The van der Waals surface area contributed by atoms with Crippen LogP contribution in [0.25, 0.3) is 0 Å². The molecule has 0 spiro atoms. The minimum atomic E-state index is 0.765. The lowest BCUT2D eigenvalue weighted by molar-refractivity contribution is 0.0705. The summed E-state index contributed by atoms with van der Waals surface area (Å²) in [6.45, 7) is 3.39. The number of nitrogens with zero attached hydrogens (tertiary/aromatic N) is 2. The normalized spacial score (nSPS) is 37.2. The van der Waals surface area contributed by atoms with E-state index in [4.69, 9.17) is 5.73 Å². The molecule has 1 aliphatic heterocycles. The third kappa shape index (κ3) is 2.35. The zero-order valence-corrected chi connectivity index (χ0v) is 10.2. The molecule has 0 aromatic heterocycles. The van der Waals surface area contributed by atoms with Gasteiger partial charge in [0.25, 0.3) is 0 Å². The average molecular weight is 211 g/mol. The molecule has 0 aromatic rings. The van der Waals surface area contributed by atoms with Crippen LogP contribution < -0.4 is 5.73 Å². The second-order valence-electron chi connectivity index (χ2n) is 5.36. The third-order valence-electron chi connectivity index (χ3n) is 4.42. The first kappa shape index (κ1) is 11.4. The van der Waals surface area contributed by atoms with Gasteiger partial charge in [0.1, 0.15) is 0 Å². The number of rotatable bonds is 4. The van der Waals surface area contributed by atoms with Crippen LogP contribution in [-0.2, 0) is 0 Å². The summed E-state index contributed by atoms with van der Waals surface area (Å²) in [6, 6.07) is 1.55. The van der Waals surface area contributed by atoms with Crippen LogP contribution in [0.15, 0.2) is 0 Å². The SMILES string of the molecule is CN1CCCC1CN(C)C1CCC1CN. The fourth-order valence-electron chi connectivity index (χ4n) is 3.08. The highest BCUT2D eigenvalue weighted by atomic mass is 15.2. The van der Waals surface area contributed by atoms with Crippen molar-refractivity contribution in [3.05, 3.63) is 0 Å². The van der Waals surface area contributed by atoms with Gasteiger partial charge in [0.2, 0.25) is 0 Å². The Labute approximate surface area is 93.6 Å². The van der Waals surface area contributed by atoms with E-state index in [1.54, 1.807) is 0 Å². The van der Waals surface area contributed by atoms with Gasteiger partial charge in [0, 0.05) is 18.6 Å². The van der Waals surface area contributed by atoms with Crippen molar-refractivity contribution in [2.24, 2.45) is 11.7 Å². The highest BCUT2D eigenvalue weighted by Crippen LogP contribution is 2.31. The standard InChI is InChI=1S/C12H25N3/c1-14-7-3-4-11(14)9-15(2)12-6-5-10(12)8-13/h10-12H,3-9,13H2,1-2H3. The number of hydrogen-bond acceptors (Lipinski definition) is 3. The second-order valence-corrected chi connectivity index (χ2v) is 5.36. The average Bonchev–Trinajstić information content (AvgIpc) is 2.50. The van der Waals surface area contributed by atoms with Gasteiger partial charge in [-0.15, -0.1) is 0 Å². The van der Waals surface area contributed by atoms with Crippen molar-refractivity contribution < 1.29 is 0 Å². The zero-order valence-electron chi connectivity index (χ0n) is 10.2. The number of likely N-dealkylation sites (tertiary alicyclic amines) is 1. The van der Waals surface area contributed by atoms with Gasteiger partial charge in [-0.25, -0.2) is 0 Å². The van der Waals surface area contributed by atoms with Gasteiger partial charge in [-0.1, -0.05) is 0 Å². The van der Waals surface area contributed by atoms with Crippen LogP contribution in [-0.4, -0.2) is 55.6 Å². The molecule has 2 rings (SSSR count). The van der Waals surface area contributed by atoms with E-state index in [0.717, 1.165) is 24.5 Å². The van der Waals surface area contributed by atoms with E-state index >= 15 is 0 Å². The molecular weight excluding hydrogens is 186 g/mol. The van der Waals surface area contributed by atoms with Crippen molar-refractivity contribution >= 4 is 0 Å². The minimum Gasteiger partial charge on any atom is -0.330 e. The smallest absolute Gasteiger partial charge is 0.0220 e. The molecule has 88 valence electrons. The topological polar surface area (TPSA) is 32.5 Å². The van der Waals surface area contributed by atoms with Crippen molar-refractivity contribution in [2.45, 2.75) is 37.8 Å². The molecule has 2 fully saturated rings. The van der Waals surface area contributed by atoms with E-state index in [0.29, 0.717) is 0 Å². The Morgan fingerprint density at radius 1 is 1.33 bits per heavy atom. The highest BCUT2D eigenvalue weighted by Gasteiger charge is 2.34. The van der Waals surface area contributed by atoms with Crippen molar-refractivity contribution in [3.63, 3.8) is 0 Å². The second kappa shape index (κ2) is 4.81. The van der Waals surface area contributed by atoms with Crippen LogP contribution in [0.1, 0.15) is 25.7 Å². The predicted molar refractivity (Wildman–Crippen MR) is 63.8 cm³/mol. The van der Waals surface area contributed by atoms with Crippen molar-refractivity contribution in [2.75, 3.05) is 33.7 Å². The van der Waals surface area contributed by atoms with Crippen LogP contribution >= 0.6 is 0 Å². The molecule has 15 heavy (non-hydrogen) atoms. The van der Waals surface area contributed by atoms with Crippen LogP contribution in [0, 0.1) is 5.92 Å². The van der Waals surface area contributed by atoms with E-state index in [1.807, 2.05) is 0 Å². The number of likely N-dealkylation sites (N-methyl/N-ethyl adjacent to an activating group) is 2. The summed E-state index contributed by atoms with van der Waals surface area (Å²) in [5, 5.41) is 0. The first-order valence-corrected chi connectivity index (χ1v) is 6.33. The maximum absolute atomic E-state index is 5.76. The van der Waals surface area contributed by atoms with Gasteiger partial charge in [0.05, 0.1) is 0 Å². The molecule has 0 amide bonds. The van der Waals surface area contributed by atoms with E-state index in [-0.39, 0.29) is 0 Å². The summed E-state index contributed by atoms with van der Waals surface area (Å²) in [4.78, 5) is 5.06. The lowest BCUT2D eigenvalue weighted by Crippen LogP contribution is -2.51. The Balaban J connectivity index is 1.78. The molecular formula is C12H25N3. The quantitative estimate of drug-likeness (QED) is 0.745. The molecule has 3 nitrogen and oxygen atoms in total. The molecule has 0 aromatic carbocycles. The van der Waals surface area contributed by atoms with Gasteiger partial charge < -0.3 is 15.5 Å². The first-order chi connectivity index (χ1) is 7.22. The molecule has 2 N–H and O–H groups in total. The Morgan fingerprint density at radius 2 is 2.13 bits per heavy atom. The first-order valence-electron chi connectivity index (χ1n) is 6.33. The Hall–Kier alpha value is -0.120. The highest BCUT2D eigenvalue weighted by molar-refractivity contribution is 4.90. The molecule has 1 heterocycles. The summed E-state index contributed by atoms with van der Waals surface area (Å²) in [7, 11) is 4.53. The molecule has 3 heteroatoms. The van der Waals surface area contributed by atoms with Gasteiger partial charge in [-0.05, 0) is 58.8 Å². The van der Waals surface area contributed by atoms with Crippen LogP contribution in [0.5, 0.6) is 0 Å². The van der Waals surface area contributed by atoms with Crippen LogP contribution in [0.4, 0.5) is 0 Å². The maximum atomic E-state index is 5.76. The van der Waals surface area contributed by atoms with Gasteiger partial charge in [-0.2, -0.15) is 0 Å². The lowest BCUT2D eigenvalue weighted by atomic mass is 9.78. The van der Waals surface area contributed by atoms with Crippen molar-refractivity contribution in [1.82, 2.24) is 9.80 Å². The largest absolute Gasteiger partial charge is 0.330 e. The van der Waals surface area contributed by atoms with Gasteiger partial charge >= 0.3 is 0 Å². The minimum absolute atomic E-state index is 0.765. The number of hydrogen-bond donors (Lipinski definition) is 1. The predicted octanol–water partition coefficient (Wildman–Crippen LogP) is 0.750. The summed E-state index contributed by atoms with van der Waals surface area (Å²) >= 11 is 0. The lowest BCUT2D eigenvalue weighted by Gasteiger charge is -2.43.